The van der Waals surface area contributed by atoms with Gasteiger partial charge < -0.3 is 20.7 Å². The van der Waals surface area contributed by atoms with Gasteiger partial charge in [0.25, 0.3) is 5.91 Å². The lowest BCUT2D eigenvalue weighted by Gasteiger charge is -2.36. The van der Waals surface area contributed by atoms with Crippen molar-refractivity contribution in [3.05, 3.63) is 0 Å². The Hall–Kier alpha value is -2.78. The normalized spacial score (nSPS) is 25.9. The van der Waals surface area contributed by atoms with Gasteiger partial charge in [0, 0.05) is 30.7 Å². The summed E-state index contributed by atoms with van der Waals surface area (Å²) in [6.07, 6.45) is 7.12. The molecule has 1 saturated heterocycles. The molecule has 10 heteroatoms. The van der Waals surface area contributed by atoms with E-state index in [1.807, 2.05) is 34.6 Å². The van der Waals surface area contributed by atoms with Gasteiger partial charge in [-0.1, -0.05) is 74.1 Å². The van der Waals surface area contributed by atoms with Crippen LogP contribution in [-0.4, -0.2) is 64.4 Å². The molecule has 4 atom stereocenters. The number of likely N-dealkylation sites (tertiary alicyclic amines) is 1. The fraction of sp³-hybridized carbons (Fsp3) is 0.842. The van der Waals surface area contributed by atoms with E-state index in [1.54, 1.807) is 25.7 Å². The van der Waals surface area contributed by atoms with Crippen molar-refractivity contribution in [2.45, 2.75) is 158 Å². The Kier molecular flexibility index (Phi) is 10.2. The van der Waals surface area contributed by atoms with E-state index in [-0.39, 0.29) is 59.1 Å². The Morgan fingerprint density at radius 2 is 1.50 bits per heavy atom. The molecule has 48 heavy (non-hydrogen) atoms. The number of nitrogens with one attached hydrogen (secondary N) is 1. The van der Waals surface area contributed by atoms with Crippen LogP contribution < -0.4 is 11.1 Å². The fourth-order valence-electron chi connectivity index (χ4n) is 9.43. The van der Waals surface area contributed by atoms with E-state index < -0.39 is 52.0 Å². The summed E-state index contributed by atoms with van der Waals surface area (Å²) < 4.78 is 5.49. The highest BCUT2D eigenvalue weighted by Crippen LogP contribution is 2.88. The third-order valence-electron chi connectivity index (χ3n) is 12.6. The molecule has 10 nitrogen and oxygen atoms in total. The number of fused-ring (bicyclic) bond motifs is 1. The van der Waals surface area contributed by atoms with Crippen molar-refractivity contribution in [1.29, 1.82) is 0 Å². The molecule has 0 radical (unpaired) electrons. The van der Waals surface area contributed by atoms with Gasteiger partial charge in [-0.2, -0.15) is 0 Å². The average Bonchev–Trinajstić information content (AvgIpc) is 3.10. The van der Waals surface area contributed by atoms with E-state index >= 15 is 0 Å². The second-order valence-corrected chi connectivity index (χ2v) is 18.9. The molecule has 270 valence electrons. The highest BCUT2D eigenvalue weighted by molar-refractivity contribution is 6.37. The van der Waals surface area contributed by atoms with Crippen LogP contribution in [0.5, 0.6) is 0 Å². The summed E-state index contributed by atoms with van der Waals surface area (Å²) in [4.78, 5) is 81.7. The molecule has 4 fully saturated rings. The van der Waals surface area contributed by atoms with Crippen LogP contribution in [0, 0.1) is 38.9 Å². The topological polar surface area (TPSA) is 153 Å². The van der Waals surface area contributed by atoms with Gasteiger partial charge in [-0.05, 0) is 74.0 Å². The molecule has 1 heterocycles. The lowest BCUT2D eigenvalue weighted by Crippen LogP contribution is -2.55. The second kappa shape index (κ2) is 12.8. The Morgan fingerprint density at radius 1 is 0.896 bits per heavy atom. The van der Waals surface area contributed by atoms with Crippen molar-refractivity contribution in [2.75, 3.05) is 6.54 Å². The van der Waals surface area contributed by atoms with Gasteiger partial charge in [0.1, 0.15) is 17.4 Å². The van der Waals surface area contributed by atoms with E-state index in [0.29, 0.717) is 19.4 Å². The zero-order valence-corrected chi connectivity index (χ0v) is 31.2. The minimum absolute atomic E-state index is 0.0169. The molecule has 0 aromatic carbocycles. The zero-order valence-electron chi connectivity index (χ0n) is 31.2. The third-order valence-corrected chi connectivity index (χ3v) is 12.6. The molecule has 2 spiro atoms. The van der Waals surface area contributed by atoms with Gasteiger partial charge in [-0.15, -0.1) is 0 Å². The third kappa shape index (κ3) is 7.23. The van der Waals surface area contributed by atoms with E-state index in [1.165, 1.54) is 0 Å². The number of primary amides is 1. The van der Waals surface area contributed by atoms with Crippen molar-refractivity contribution >= 4 is 35.3 Å². The molecule has 4 aliphatic rings. The minimum atomic E-state index is -1.08. The van der Waals surface area contributed by atoms with Crippen LogP contribution in [-0.2, 0) is 33.5 Å². The van der Waals surface area contributed by atoms with Gasteiger partial charge in [0.15, 0.2) is 0 Å². The Balaban J connectivity index is 1.58. The summed E-state index contributed by atoms with van der Waals surface area (Å²) >= 11 is 0. The number of carbonyl (C=O) groups excluding carboxylic acids is 6. The van der Waals surface area contributed by atoms with Crippen LogP contribution >= 0.6 is 0 Å². The zero-order chi connectivity index (χ0) is 36.3. The van der Waals surface area contributed by atoms with Crippen molar-refractivity contribution in [3.63, 3.8) is 0 Å². The van der Waals surface area contributed by atoms with Gasteiger partial charge in [-0.25, -0.2) is 0 Å². The van der Waals surface area contributed by atoms with Gasteiger partial charge >= 0.3 is 5.97 Å². The predicted octanol–water partition coefficient (Wildman–Crippen LogP) is 5.28. The van der Waals surface area contributed by atoms with Gasteiger partial charge in [0.05, 0.1) is 12.5 Å². The number of amides is 3. The fourth-order valence-corrected chi connectivity index (χ4v) is 9.43. The summed E-state index contributed by atoms with van der Waals surface area (Å²) in [5.74, 6) is -3.53. The van der Waals surface area contributed by atoms with Crippen LogP contribution in [0.25, 0.3) is 0 Å². The minimum Gasteiger partial charge on any atom is -0.460 e. The van der Waals surface area contributed by atoms with Crippen LogP contribution in [0.4, 0.5) is 0 Å². The van der Waals surface area contributed by atoms with Crippen LogP contribution in [0.15, 0.2) is 0 Å². The molecule has 3 aliphatic carbocycles. The van der Waals surface area contributed by atoms with Gasteiger partial charge in [0.2, 0.25) is 17.6 Å². The predicted molar refractivity (Wildman–Crippen MR) is 182 cm³/mol. The first-order chi connectivity index (χ1) is 21.9. The SMILES string of the molecule is CC(C)(CC(=O)C[C@H](C(=O)N1C[C@]2(C[C@H]1C(=O)NC(CC1CCC1)C(=O)C(N)=O)C(C)(C)C21CCC1)C(C)(C)C)CC(=O)OC(C)(C)C. The van der Waals surface area contributed by atoms with E-state index in [0.717, 1.165) is 38.5 Å². The first-order valence-electron chi connectivity index (χ1n) is 18.0. The van der Waals surface area contributed by atoms with E-state index in [9.17, 15) is 28.8 Å². The summed E-state index contributed by atoms with van der Waals surface area (Å²) in [6.45, 7) is 19.8. The quantitative estimate of drug-likeness (QED) is 0.200. The number of carbonyl (C=O) groups is 6. The van der Waals surface area contributed by atoms with Crippen molar-refractivity contribution in [3.8, 4) is 0 Å². The second-order valence-electron chi connectivity index (χ2n) is 18.9. The molecule has 3 amide bonds. The van der Waals surface area contributed by atoms with Crippen LogP contribution in [0.1, 0.15) is 140 Å². The lowest BCUT2D eigenvalue weighted by atomic mass is 9.73. The summed E-state index contributed by atoms with van der Waals surface area (Å²) in [7, 11) is 0. The summed E-state index contributed by atoms with van der Waals surface area (Å²) in [6, 6.07) is -1.85. The molecule has 3 saturated carbocycles. The molecule has 4 rings (SSSR count). The number of nitrogens with two attached hydrogens (primary N) is 1. The summed E-state index contributed by atoms with van der Waals surface area (Å²) in [5.41, 5.74) is 3.25. The number of Topliss-reactive ketones (excluding diaryl/α,β-unsaturated/α-hetero) is 2. The Morgan fingerprint density at radius 3 is 1.94 bits per heavy atom. The van der Waals surface area contributed by atoms with Crippen molar-refractivity contribution in [2.24, 2.45) is 44.6 Å². The Bertz CT molecular complexity index is 1330. The van der Waals surface area contributed by atoms with E-state index in [2.05, 4.69) is 19.2 Å². The van der Waals surface area contributed by atoms with Crippen LogP contribution in [0.3, 0.4) is 0 Å². The molecule has 1 unspecified atom stereocenters. The maximum absolute atomic E-state index is 14.7. The smallest absolute Gasteiger partial charge is 0.306 e. The largest absolute Gasteiger partial charge is 0.460 e. The molecule has 1 aliphatic heterocycles. The monoisotopic (exact) mass is 671 g/mol. The maximum Gasteiger partial charge on any atom is 0.306 e. The molecule has 0 bridgehead atoms. The number of hydrogen-bond acceptors (Lipinski definition) is 7. The molecule has 3 N–H and O–H groups in total. The number of esters is 1. The Labute approximate surface area is 287 Å². The first-order valence-corrected chi connectivity index (χ1v) is 18.0. The highest BCUT2D eigenvalue weighted by Gasteiger charge is 2.85. The summed E-state index contributed by atoms with van der Waals surface area (Å²) in [5, 5.41) is 2.87. The molecular formula is C38H61N3O7. The standard InChI is InChI=1S/C38H61N3O7/c1-33(2,3)25(18-24(42)19-35(7,8)21-28(43)48-34(4,5)6)32(47)41-22-38(36(9,10)37(38)15-12-16-37)20-27(41)31(46)40-26(29(44)30(39)45)17-23-13-11-14-23/h23,25-27H,11-22H2,1-10H3,(H2,39,45)(H,40,46)/t25-,26?,27+,38-/m1/s1. The molecule has 0 aromatic heterocycles. The number of ether oxygens (including phenoxy) is 1. The molecular weight excluding hydrogens is 610 g/mol. The number of rotatable bonds is 13. The van der Waals surface area contributed by atoms with E-state index in [4.69, 9.17) is 10.5 Å². The maximum atomic E-state index is 14.7. The van der Waals surface area contributed by atoms with Crippen LogP contribution in [0.2, 0.25) is 0 Å². The van der Waals surface area contributed by atoms with Crippen molar-refractivity contribution in [1.82, 2.24) is 10.2 Å². The van der Waals surface area contributed by atoms with Crippen molar-refractivity contribution < 1.29 is 33.5 Å². The number of nitrogens with zero attached hydrogens (tertiary/aromatic N) is 1. The number of ketones is 2. The highest BCUT2D eigenvalue weighted by atomic mass is 16.6. The lowest BCUT2D eigenvalue weighted by molar-refractivity contribution is -0.157. The first kappa shape index (κ1) is 38.0. The number of hydrogen-bond donors (Lipinski definition) is 2. The van der Waals surface area contributed by atoms with Gasteiger partial charge in [-0.3, -0.25) is 28.8 Å². The molecule has 0 aromatic rings. The average molecular weight is 672 g/mol.